The molecule has 0 spiro atoms. The van der Waals surface area contributed by atoms with Gasteiger partial charge in [-0.15, -0.1) is 0 Å². The number of benzene rings is 2. The summed E-state index contributed by atoms with van der Waals surface area (Å²) in [6.45, 7) is 13.4. The number of hydrogen-bond acceptors (Lipinski definition) is 2. The Morgan fingerprint density at radius 2 is 1.81 bits per heavy atom. The summed E-state index contributed by atoms with van der Waals surface area (Å²) < 4.78 is 0. The SMILES string of the molecule is C=CNCC(CC)CN(Cc1ccc(Cl)cc1Cl)Cc1ccccc1C=C. The van der Waals surface area contributed by atoms with Gasteiger partial charge in [0.15, 0.2) is 0 Å². The summed E-state index contributed by atoms with van der Waals surface area (Å²) in [7, 11) is 0. The van der Waals surface area contributed by atoms with Crippen molar-refractivity contribution in [2.75, 3.05) is 13.1 Å². The van der Waals surface area contributed by atoms with Crippen molar-refractivity contribution in [1.29, 1.82) is 0 Å². The Balaban J connectivity index is 2.23. The quantitative estimate of drug-likeness (QED) is 0.467. The summed E-state index contributed by atoms with van der Waals surface area (Å²) in [6.07, 6.45) is 4.77. The normalized spacial score (nSPS) is 12.0. The van der Waals surface area contributed by atoms with Crippen LogP contribution in [0.3, 0.4) is 0 Å². The molecule has 1 N–H and O–H groups in total. The monoisotopic (exact) mass is 402 g/mol. The van der Waals surface area contributed by atoms with E-state index in [2.05, 4.69) is 48.5 Å². The van der Waals surface area contributed by atoms with Crippen molar-refractivity contribution in [3.63, 3.8) is 0 Å². The highest BCUT2D eigenvalue weighted by Crippen LogP contribution is 2.24. The number of hydrogen-bond donors (Lipinski definition) is 1. The molecule has 2 rings (SSSR count). The van der Waals surface area contributed by atoms with Gasteiger partial charge in [0, 0.05) is 36.2 Å². The largest absolute Gasteiger partial charge is 0.391 e. The van der Waals surface area contributed by atoms with E-state index in [9.17, 15) is 0 Å². The first-order valence-corrected chi connectivity index (χ1v) is 10.0. The lowest BCUT2D eigenvalue weighted by atomic mass is 10.0. The third-order valence-electron chi connectivity index (χ3n) is 4.72. The molecule has 0 amide bonds. The van der Waals surface area contributed by atoms with Crippen LogP contribution >= 0.6 is 23.2 Å². The molecule has 0 aliphatic heterocycles. The first-order valence-electron chi connectivity index (χ1n) is 9.28. The van der Waals surface area contributed by atoms with E-state index < -0.39 is 0 Å². The van der Waals surface area contributed by atoms with E-state index in [4.69, 9.17) is 23.2 Å². The molecule has 0 aliphatic rings. The van der Waals surface area contributed by atoms with Crippen molar-refractivity contribution in [1.82, 2.24) is 10.2 Å². The molecule has 1 unspecified atom stereocenters. The molecule has 2 aromatic rings. The maximum absolute atomic E-state index is 6.44. The van der Waals surface area contributed by atoms with E-state index in [1.807, 2.05) is 30.3 Å². The highest BCUT2D eigenvalue weighted by Gasteiger charge is 2.16. The van der Waals surface area contributed by atoms with Crippen LogP contribution < -0.4 is 5.32 Å². The Hall–Kier alpha value is -1.74. The van der Waals surface area contributed by atoms with Crippen LogP contribution in [0.5, 0.6) is 0 Å². The Morgan fingerprint density at radius 1 is 1.07 bits per heavy atom. The third-order valence-corrected chi connectivity index (χ3v) is 5.31. The Labute approximate surface area is 173 Å². The molecule has 0 bridgehead atoms. The molecule has 27 heavy (non-hydrogen) atoms. The van der Waals surface area contributed by atoms with Gasteiger partial charge in [0.25, 0.3) is 0 Å². The van der Waals surface area contributed by atoms with Crippen LogP contribution in [0, 0.1) is 5.92 Å². The van der Waals surface area contributed by atoms with Crippen molar-refractivity contribution < 1.29 is 0 Å². The summed E-state index contributed by atoms with van der Waals surface area (Å²) >= 11 is 12.5. The van der Waals surface area contributed by atoms with E-state index in [1.165, 1.54) is 11.1 Å². The second-order valence-electron chi connectivity index (χ2n) is 6.69. The molecule has 0 aliphatic carbocycles. The van der Waals surface area contributed by atoms with Crippen LogP contribution in [-0.2, 0) is 13.1 Å². The van der Waals surface area contributed by atoms with Crippen LogP contribution in [0.4, 0.5) is 0 Å². The first kappa shape index (κ1) is 21.6. The molecule has 1 atom stereocenters. The fourth-order valence-corrected chi connectivity index (χ4v) is 3.62. The lowest BCUT2D eigenvalue weighted by molar-refractivity contribution is 0.210. The summed E-state index contributed by atoms with van der Waals surface area (Å²) in [5.41, 5.74) is 3.52. The molecule has 4 heteroatoms. The standard InChI is InChI=1S/C23H28Cl2N2/c1-4-18(14-26-6-3)15-27(16-20-10-8-7-9-19(20)5-2)17-21-11-12-22(24)13-23(21)25/h5-13,18,26H,2-4,14-17H2,1H3. The molecule has 144 valence electrons. The minimum absolute atomic E-state index is 0.518. The lowest BCUT2D eigenvalue weighted by Gasteiger charge is -2.28. The van der Waals surface area contributed by atoms with Gasteiger partial charge in [0.05, 0.1) is 0 Å². The van der Waals surface area contributed by atoms with Gasteiger partial charge in [-0.3, -0.25) is 4.90 Å². The molecule has 0 aromatic heterocycles. The average molecular weight is 403 g/mol. The second kappa shape index (κ2) is 11.2. The van der Waals surface area contributed by atoms with E-state index >= 15 is 0 Å². The van der Waals surface area contributed by atoms with Crippen LogP contribution in [-0.4, -0.2) is 18.0 Å². The molecular weight excluding hydrogens is 375 g/mol. The highest BCUT2D eigenvalue weighted by atomic mass is 35.5. The van der Waals surface area contributed by atoms with E-state index in [1.54, 1.807) is 6.20 Å². The highest BCUT2D eigenvalue weighted by molar-refractivity contribution is 6.35. The minimum atomic E-state index is 0.518. The fraction of sp³-hybridized carbons (Fsp3) is 0.304. The van der Waals surface area contributed by atoms with Gasteiger partial charge in [-0.2, -0.15) is 0 Å². The topological polar surface area (TPSA) is 15.3 Å². The van der Waals surface area contributed by atoms with Gasteiger partial charge in [-0.25, -0.2) is 0 Å². The smallest absolute Gasteiger partial charge is 0.0465 e. The fourth-order valence-electron chi connectivity index (χ4n) is 3.15. The van der Waals surface area contributed by atoms with Gasteiger partial charge in [0.2, 0.25) is 0 Å². The van der Waals surface area contributed by atoms with Crippen molar-refractivity contribution >= 4 is 29.3 Å². The predicted octanol–water partition coefficient (Wildman–Crippen LogP) is 6.40. The van der Waals surface area contributed by atoms with Crippen molar-refractivity contribution in [3.8, 4) is 0 Å². The summed E-state index contributed by atoms with van der Waals surface area (Å²) in [5.74, 6) is 0.518. The molecular formula is C23H28Cl2N2. The number of halogens is 2. The number of nitrogens with zero attached hydrogens (tertiary/aromatic N) is 1. The summed E-state index contributed by atoms with van der Waals surface area (Å²) in [6, 6.07) is 14.1. The Kier molecular flexibility index (Phi) is 8.93. The number of nitrogens with one attached hydrogen (secondary N) is 1. The van der Waals surface area contributed by atoms with Crippen LogP contribution in [0.2, 0.25) is 10.0 Å². The van der Waals surface area contributed by atoms with Crippen LogP contribution in [0.1, 0.15) is 30.0 Å². The molecule has 0 heterocycles. The maximum Gasteiger partial charge on any atom is 0.0465 e. The molecule has 0 fully saturated rings. The van der Waals surface area contributed by atoms with Gasteiger partial charge in [-0.05, 0) is 40.9 Å². The molecule has 0 saturated heterocycles. The van der Waals surface area contributed by atoms with Gasteiger partial charge >= 0.3 is 0 Å². The van der Waals surface area contributed by atoms with E-state index in [-0.39, 0.29) is 0 Å². The molecule has 2 nitrogen and oxygen atoms in total. The first-order chi connectivity index (χ1) is 13.1. The van der Waals surface area contributed by atoms with E-state index in [0.717, 1.165) is 38.2 Å². The zero-order chi connectivity index (χ0) is 19.6. The van der Waals surface area contributed by atoms with Gasteiger partial charge in [-0.1, -0.05) is 86.1 Å². The summed E-state index contributed by atoms with van der Waals surface area (Å²) in [5, 5.41) is 4.62. The second-order valence-corrected chi connectivity index (χ2v) is 7.54. The van der Waals surface area contributed by atoms with Crippen molar-refractivity contribution in [3.05, 3.63) is 88.6 Å². The maximum atomic E-state index is 6.44. The zero-order valence-corrected chi connectivity index (χ0v) is 17.4. The van der Waals surface area contributed by atoms with E-state index in [0.29, 0.717) is 16.0 Å². The van der Waals surface area contributed by atoms with Crippen LogP contribution in [0.25, 0.3) is 6.08 Å². The predicted molar refractivity (Wildman–Crippen MR) is 119 cm³/mol. The van der Waals surface area contributed by atoms with Gasteiger partial charge in [0.1, 0.15) is 0 Å². The zero-order valence-electron chi connectivity index (χ0n) is 15.9. The van der Waals surface area contributed by atoms with Gasteiger partial charge < -0.3 is 5.32 Å². The lowest BCUT2D eigenvalue weighted by Crippen LogP contribution is -2.33. The number of rotatable bonds is 11. The molecule has 2 aromatic carbocycles. The van der Waals surface area contributed by atoms with Crippen molar-refractivity contribution in [2.45, 2.75) is 26.4 Å². The summed E-state index contributed by atoms with van der Waals surface area (Å²) in [4.78, 5) is 2.44. The average Bonchev–Trinajstić information content (AvgIpc) is 2.67. The Bertz CT molecular complexity index is 758. The Morgan fingerprint density at radius 3 is 2.48 bits per heavy atom. The van der Waals surface area contributed by atoms with Crippen molar-refractivity contribution in [2.24, 2.45) is 5.92 Å². The molecule has 0 radical (unpaired) electrons. The minimum Gasteiger partial charge on any atom is -0.391 e. The third kappa shape index (κ3) is 6.73. The molecule has 0 saturated carbocycles. The van der Waals surface area contributed by atoms with Crippen LogP contribution in [0.15, 0.2) is 61.8 Å².